The van der Waals surface area contributed by atoms with Gasteiger partial charge in [-0.2, -0.15) is 4.98 Å². The van der Waals surface area contributed by atoms with Crippen molar-refractivity contribution >= 4 is 29.1 Å². The molecule has 0 saturated carbocycles. The number of nitrogens with one attached hydrogen (secondary N) is 3. The van der Waals surface area contributed by atoms with Gasteiger partial charge in [0, 0.05) is 49.6 Å². The monoisotopic (exact) mass is 346 g/mol. The van der Waals surface area contributed by atoms with Crippen molar-refractivity contribution in [2.45, 2.75) is 6.42 Å². The van der Waals surface area contributed by atoms with Crippen LogP contribution in [0.4, 0.5) is 17.5 Å². The highest BCUT2D eigenvalue weighted by Crippen LogP contribution is 2.17. The van der Waals surface area contributed by atoms with Crippen molar-refractivity contribution < 1.29 is 0 Å². The van der Waals surface area contributed by atoms with Gasteiger partial charge in [0.2, 0.25) is 5.95 Å². The number of aromatic nitrogens is 2. The molecule has 1 aliphatic rings. The standard InChI is InChI=1S/C17H23ClN6/c18-14-2-4-15(5-3-14)22-17-21-8-6-16(23-17)20-7-1-11-24-12-9-19-10-13-24/h2-6,8,19H,1,7,9-13H2,(H2,20,21,22,23). The van der Waals surface area contributed by atoms with Gasteiger partial charge in [-0.15, -0.1) is 0 Å². The molecule has 3 rings (SSSR count). The zero-order valence-electron chi connectivity index (χ0n) is 13.6. The minimum absolute atomic E-state index is 0.574. The Kier molecular flexibility index (Phi) is 6.23. The van der Waals surface area contributed by atoms with Crippen LogP contribution in [0.3, 0.4) is 0 Å². The third-order valence-electron chi connectivity index (χ3n) is 3.92. The summed E-state index contributed by atoms with van der Waals surface area (Å²) in [4.78, 5) is 11.2. The molecule has 0 aliphatic carbocycles. The van der Waals surface area contributed by atoms with Crippen molar-refractivity contribution in [1.29, 1.82) is 0 Å². The molecule has 128 valence electrons. The predicted molar refractivity (Wildman–Crippen MR) is 99.2 cm³/mol. The van der Waals surface area contributed by atoms with Crippen molar-refractivity contribution in [2.75, 3.05) is 49.9 Å². The van der Waals surface area contributed by atoms with Crippen molar-refractivity contribution in [3.8, 4) is 0 Å². The molecular weight excluding hydrogens is 324 g/mol. The van der Waals surface area contributed by atoms with Crippen LogP contribution < -0.4 is 16.0 Å². The van der Waals surface area contributed by atoms with Crippen LogP contribution in [-0.4, -0.2) is 54.1 Å². The van der Waals surface area contributed by atoms with Crippen LogP contribution in [0.5, 0.6) is 0 Å². The van der Waals surface area contributed by atoms with Crippen LogP contribution >= 0.6 is 11.6 Å². The van der Waals surface area contributed by atoms with Gasteiger partial charge in [-0.25, -0.2) is 4.98 Å². The molecular formula is C17H23ClN6. The highest BCUT2D eigenvalue weighted by molar-refractivity contribution is 6.30. The van der Waals surface area contributed by atoms with Crippen molar-refractivity contribution in [1.82, 2.24) is 20.2 Å². The summed E-state index contributed by atoms with van der Waals surface area (Å²) in [5.41, 5.74) is 0.912. The Bertz CT molecular complexity index is 627. The van der Waals surface area contributed by atoms with Gasteiger partial charge in [0.05, 0.1) is 0 Å². The van der Waals surface area contributed by atoms with Gasteiger partial charge >= 0.3 is 0 Å². The number of benzene rings is 1. The van der Waals surface area contributed by atoms with Crippen LogP contribution in [0.2, 0.25) is 5.02 Å². The Morgan fingerprint density at radius 1 is 1.12 bits per heavy atom. The number of hydrogen-bond donors (Lipinski definition) is 3. The largest absolute Gasteiger partial charge is 0.370 e. The van der Waals surface area contributed by atoms with Crippen LogP contribution in [0, 0.1) is 0 Å². The Labute approximate surface area is 147 Å². The van der Waals surface area contributed by atoms with E-state index < -0.39 is 0 Å². The maximum Gasteiger partial charge on any atom is 0.229 e. The summed E-state index contributed by atoms with van der Waals surface area (Å²) in [6.45, 7) is 6.50. The van der Waals surface area contributed by atoms with E-state index in [9.17, 15) is 0 Å². The molecule has 0 radical (unpaired) electrons. The summed E-state index contributed by atoms with van der Waals surface area (Å²) in [5, 5.41) is 10.6. The third kappa shape index (κ3) is 5.33. The molecule has 1 saturated heterocycles. The molecule has 1 aromatic carbocycles. The van der Waals surface area contributed by atoms with E-state index in [1.807, 2.05) is 30.3 Å². The van der Waals surface area contributed by atoms with E-state index >= 15 is 0 Å². The number of hydrogen-bond acceptors (Lipinski definition) is 6. The summed E-state index contributed by atoms with van der Waals surface area (Å²) in [6.07, 6.45) is 2.85. The molecule has 7 heteroatoms. The fraction of sp³-hybridized carbons (Fsp3) is 0.412. The van der Waals surface area contributed by atoms with Gasteiger partial charge in [0.25, 0.3) is 0 Å². The average molecular weight is 347 g/mol. The lowest BCUT2D eigenvalue weighted by Gasteiger charge is -2.27. The third-order valence-corrected chi connectivity index (χ3v) is 4.17. The molecule has 2 heterocycles. The Balaban J connectivity index is 1.45. The normalized spacial score (nSPS) is 15.2. The zero-order valence-corrected chi connectivity index (χ0v) is 14.4. The van der Waals surface area contributed by atoms with E-state index in [1.165, 1.54) is 0 Å². The fourth-order valence-electron chi connectivity index (χ4n) is 2.63. The minimum Gasteiger partial charge on any atom is -0.370 e. The van der Waals surface area contributed by atoms with Gasteiger partial charge in [0.1, 0.15) is 5.82 Å². The molecule has 1 aromatic heterocycles. The summed E-state index contributed by atoms with van der Waals surface area (Å²) in [7, 11) is 0. The van der Waals surface area contributed by atoms with Gasteiger partial charge in [-0.05, 0) is 43.3 Å². The van der Waals surface area contributed by atoms with E-state index in [2.05, 4.69) is 30.8 Å². The fourth-order valence-corrected chi connectivity index (χ4v) is 2.76. The van der Waals surface area contributed by atoms with Crippen molar-refractivity contribution in [3.05, 3.63) is 41.6 Å². The lowest BCUT2D eigenvalue weighted by molar-refractivity contribution is 0.240. The van der Waals surface area contributed by atoms with Gasteiger partial charge in [-0.3, -0.25) is 0 Å². The van der Waals surface area contributed by atoms with Crippen LogP contribution in [0.1, 0.15) is 6.42 Å². The summed E-state index contributed by atoms with van der Waals surface area (Å²) in [5.74, 6) is 1.41. The minimum atomic E-state index is 0.574. The number of piperazine rings is 1. The summed E-state index contributed by atoms with van der Waals surface area (Å²) < 4.78 is 0. The van der Waals surface area contributed by atoms with E-state index in [0.717, 1.165) is 57.2 Å². The van der Waals surface area contributed by atoms with E-state index in [4.69, 9.17) is 11.6 Å². The lowest BCUT2D eigenvalue weighted by Crippen LogP contribution is -2.44. The van der Waals surface area contributed by atoms with E-state index in [-0.39, 0.29) is 0 Å². The van der Waals surface area contributed by atoms with Crippen LogP contribution in [0.25, 0.3) is 0 Å². The molecule has 2 aromatic rings. The van der Waals surface area contributed by atoms with E-state index in [1.54, 1.807) is 6.20 Å². The second-order valence-electron chi connectivity index (χ2n) is 5.77. The summed E-state index contributed by atoms with van der Waals surface area (Å²) in [6, 6.07) is 9.36. The van der Waals surface area contributed by atoms with Crippen molar-refractivity contribution in [2.24, 2.45) is 0 Å². The zero-order chi connectivity index (χ0) is 16.6. The van der Waals surface area contributed by atoms with Crippen molar-refractivity contribution in [3.63, 3.8) is 0 Å². The SMILES string of the molecule is Clc1ccc(Nc2nccc(NCCCN3CCNCC3)n2)cc1. The first kappa shape index (κ1) is 17.0. The predicted octanol–water partition coefficient (Wildman–Crippen LogP) is 2.58. The highest BCUT2D eigenvalue weighted by atomic mass is 35.5. The number of rotatable bonds is 7. The maximum absolute atomic E-state index is 5.89. The first-order valence-corrected chi connectivity index (χ1v) is 8.70. The topological polar surface area (TPSA) is 65.1 Å². The molecule has 0 atom stereocenters. The number of halogens is 1. The molecule has 0 unspecified atom stereocenters. The highest BCUT2D eigenvalue weighted by Gasteiger charge is 2.08. The van der Waals surface area contributed by atoms with Gasteiger partial charge < -0.3 is 20.9 Å². The molecule has 3 N–H and O–H groups in total. The Hall–Kier alpha value is -1.89. The molecule has 6 nitrogen and oxygen atoms in total. The molecule has 0 amide bonds. The van der Waals surface area contributed by atoms with Gasteiger partial charge in [-0.1, -0.05) is 11.6 Å². The van der Waals surface area contributed by atoms with Crippen LogP contribution in [-0.2, 0) is 0 Å². The quantitative estimate of drug-likeness (QED) is 0.670. The first-order chi connectivity index (χ1) is 11.8. The average Bonchev–Trinajstić information content (AvgIpc) is 2.62. The Morgan fingerprint density at radius 3 is 2.71 bits per heavy atom. The second kappa shape index (κ2) is 8.82. The molecule has 1 aliphatic heterocycles. The summed E-state index contributed by atoms with van der Waals surface area (Å²) >= 11 is 5.89. The first-order valence-electron chi connectivity index (χ1n) is 8.32. The molecule has 1 fully saturated rings. The molecule has 0 bridgehead atoms. The number of anilines is 3. The Morgan fingerprint density at radius 2 is 1.92 bits per heavy atom. The second-order valence-corrected chi connectivity index (χ2v) is 6.21. The lowest BCUT2D eigenvalue weighted by atomic mass is 10.3. The van der Waals surface area contributed by atoms with Crippen LogP contribution in [0.15, 0.2) is 36.5 Å². The maximum atomic E-state index is 5.89. The smallest absolute Gasteiger partial charge is 0.229 e. The molecule has 0 spiro atoms. The number of nitrogens with zero attached hydrogens (tertiary/aromatic N) is 3. The van der Waals surface area contributed by atoms with Gasteiger partial charge in [0.15, 0.2) is 0 Å². The molecule has 24 heavy (non-hydrogen) atoms. The van der Waals surface area contributed by atoms with E-state index in [0.29, 0.717) is 11.0 Å².